The number of benzene rings is 2. The summed E-state index contributed by atoms with van der Waals surface area (Å²) in [7, 11) is -0.364. The fourth-order valence-corrected chi connectivity index (χ4v) is 5.76. The molecular weight excluding hydrogens is 450 g/mol. The van der Waals surface area contributed by atoms with Crippen LogP contribution in [0.25, 0.3) is 0 Å². The number of nitrogens with zero attached hydrogens (tertiary/aromatic N) is 2. The number of anilines is 1. The van der Waals surface area contributed by atoms with E-state index in [1.165, 1.54) is 35.3 Å². The van der Waals surface area contributed by atoms with Gasteiger partial charge in [-0.2, -0.15) is 4.31 Å². The van der Waals surface area contributed by atoms with Gasteiger partial charge in [0, 0.05) is 36.8 Å². The van der Waals surface area contributed by atoms with Crippen LogP contribution in [0.4, 0.5) is 5.69 Å². The molecule has 1 amide bonds. The molecule has 0 spiro atoms. The summed E-state index contributed by atoms with van der Waals surface area (Å²) in [5, 5.41) is 2.30. The van der Waals surface area contributed by atoms with Crippen molar-refractivity contribution in [2.75, 3.05) is 45.7 Å². The molecule has 32 heavy (non-hydrogen) atoms. The van der Waals surface area contributed by atoms with Crippen molar-refractivity contribution in [1.29, 1.82) is 0 Å². The molecule has 0 aliphatic carbocycles. The smallest absolute Gasteiger partial charge is 0.318 e. The first-order chi connectivity index (χ1) is 15.2. The average Bonchev–Trinajstić information content (AvgIpc) is 2.79. The van der Waals surface area contributed by atoms with Crippen molar-refractivity contribution in [1.82, 2.24) is 9.21 Å². The SMILES string of the molecule is COC(=O)C(C)Sc1ccccc1C(=O)Nc1cccc(S(=O)(=O)N2CCN(C)CC2)c1. The van der Waals surface area contributed by atoms with Gasteiger partial charge in [-0.25, -0.2) is 8.42 Å². The number of nitrogens with one attached hydrogen (secondary N) is 1. The van der Waals surface area contributed by atoms with E-state index >= 15 is 0 Å². The number of sulfonamides is 1. The standard InChI is InChI=1S/C22H27N3O5S2/c1-16(22(27)30-3)31-20-10-5-4-9-19(20)21(26)23-17-7-6-8-18(15-17)32(28,29)25-13-11-24(2)12-14-25/h4-10,15-16H,11-14H2,1-3H3,(H,23,26). The van der Waals surface area contributed by atoms with Crippen LogP contribution < -0.4 is 5.32 Å². The van der Waals surface area contributed by atoms with Crippen LogP contribution in [0.5, 0.6) is 0 Å². The third-order valence-electron chi connectivity index (χ3n) is 5.16. The monoisotopic (exact) mass is 477 g/mol. The number of hydrogen-bond donors (Lipinski definition) is 1. The van der Waals surface area contributed by atoms with Crippen molar-refractivity contribution in [3.05, 3.63) is 54.1 Å². The average molecular weight is 478 g/mol. The first-order valence-corrected chi connectivity index (χ1v) is 12.5. The van der Waals surface area contributed by atoms with Crippen LogP contribution >= 0.6 is 11.8 Å². The van der Waals surface area contributed by atoms with Gasteiger partial charge < -0.3 is 15.0 Å². The molecule has 0 bridgehead atoms. The molecule has 3 rings (SSSR count). The number of carbonyl (C=O) groups is 2. The zero-order chi connectivity index (χ0) is 23.3. The number of thioether (sulfide) groups is 1. The van der Waals surface area contributed by atoms with Gasteiger partial charge >= 0.3 is 5.97 Å². The molecule has 2 aromatic rings. The Bertz CT molecular complexity index is 1080. The van der Waals surface area contributed by atoms with E-state index in [2.05, 4.69) is 10.2 Å². The number of amides is 1. The molecule has 1 aliphatic heterocycles. The van der Waals surface area contributed by atoms with Crippen LogP contribution in [-0.2, 0) is 19.6 Å². The summed E-state index contributed by atoms with van der Waals surface area (Å²) in [5.41, 5.74) is 0.770. The highest BCUT2D eigenvalue weighted by atomic mass is 32.2. The Kier molecular flexibility index (Phi) is 7.94. The summed E-state index contributed by atoms with van der Waals surface area (Å²) in [6.45, 7) is 3.91. The maximum Gasteiger partial charge on any atom is 0.318 e. The van der Waals surface area contributed by atoms with Crippen LogP contribution in [0, 0.1) is 0 Å². The van der Waals surface area contributed by atoms with E-state index in [0.717, 1.165) is 0 Å². The lowest BCUT2D eigenvalue weighted by Gasteiger charge is -2.31. The van der Waals surface area contributed by atoms with Gasteiger partial charge in [0.2, 0.25) is 10.0 Å². The maximum absolute atomic E-state index is 13.0. The van der Waals surface area contributed by atoms with Gasteiger partial charge in [0.25, 0.3) is 5.91 Å². The summed E-state index contributed by atoms with van der Waals surface area (Å²) < 4.78 is 32.3. The predicted molar refractivity (Wildman–Crippen MR) is 124 cm³/mol. The van der Waals surface area contributed by atoms with Crippen molar-refractivity contribution < 1.29 is 22.7 Å². The van der Waals surface area contributed by atoms with Crippen molar-refractivity contribution >= 4 is 39.3 Å². The normalized spacial score (nSPS) is 16.3. The molecule has 0 radical (unpaired) electrons. The molecule has 1 atom stereocenters. The van der Waals surface area contributed by atoms with Gasteiger partial charge in [-0.15, -0.1) is 11.8 Å². The molecule has 1 saturated heterocycles. The Morgan fingerprint density at radius 3 is 2.44 bits per heavy atom. The van der Waals surface area contributed by atoms with E-state index in [0.29, 0.717) is 42.3 Å². The molecule has 2 aromatic carbocycles. The molecule has 0 aromatic heterocycles. The summed E-state index contributed by atoms with van der Waals surface area (Å²) in [6, 6.07) is 13.2. The van der Waals surface area contributed by atoms with Gasteiger partial charge in [0.05, 0.1) is 17.6 Å². The minimum atomic E-state index is -3.65. The van der Waals surface area contributed by atoms with Gasteiger partial charge in [0.1, 0.15) is 5.25 Å². The molecule has 1 fully saturated rings. The predicted octanol–water partition coefficient (Wildman–Crippen LogP) is 2.53. The molecule has 172 valence electrons. The first-order valence-electron chi connectivity index (χ1n) is 10.2. The number of rotatable bonds is 7. The fourth-order valence-electron chi connectivity index (χ4n) is 3.27. The number of methoxy groups -OCH3 is 1. The van der Waals surface area contributed by atoms with Crippen molar-refractivity contribution in [3.63, 3.8) is 0 Å². The number of esters is 1. The van der Waals surface area contributed by atoms with Crippen molar-refractivity contribution in [2.45, 2.75) is 22.0 Å². The molecule has 1 aliphatic rings. The molecule has 8 nitrogen and oxygen atoms in total. The lowest BCUT2D eigenvalue weighted by atomic mass is 10.2. The third kappa shape index (κ3) is 5.69. The summed E-state index contributed by atoms with van der Waals surface area (Å²) in [6.07, 6.45) is 0. The van der Waals surface area contributed by atoms with Crippen LogP contribution in [-0.4, -0.2) is 75.1 Å². The molecule has 1 N–H and O–H groups in total. The molecule has 10 heteroatoms. The van der Waals surface area contributed by atoms with Gasteiger partial charge in [0.15, 0.2) is 0 Å². The van der Waals surface area contributed by atoms with Crippen LogP contribution in [0.1, 0.15) is 17.3 Å². The van der Waals surface area contributed by atoms with Crippen molar-refractivity contribution in [2.24, 2.45) is 0 Å². The Balaban J connectivity index is 1.78. The second kappa shape index (κ2) is 10.5. The number of likely N-dealkylation sites (N-methyl/N-ethyl adjacent to an activating group) is 1. The Hall–Kier alpha value is -2.40. The highest BCUT2D eigenvalue weighted by Gasteiger charge is 2.27. The zero-order valence-electron chi connectivity index (χ0n) is 18.3. The van der Waals surface area contributed by atoms with E-state index in [-0.39, 0.29) is 16.8 Å². The van der Waals surface area contributed by atoms with Gasteiger partial charge in [-0.05, 0) is 44.3 Å². The van der Waals surface area contributed by atoms with E-state index in [1.54, 1.807) is 43.3 Å². The number of carbonyl (C=O) groups excluding carboxylic acids is 2. The minimum Gasteiger partial charge on any atom is -0.468 e. The molecule has 0 saturated carbocycles. The Labute approximate surface area is 193 Å². The Morgan fingerprint density at radius 1 is 1.06 bits per heavy atom. The first kappa shape index (κ1) is 24.2. The van der Waals surface area contributed by atoms with Gasteiger partial charge in [-0.3, -0.25) is 9.59 Å². The van der Waals surface area contributed by atoms with Crippen molar-refractivity contribution in [3.8, 4) is 0 Å². The van der Waals surface area contributed by atoms with E-state index in [1.807, 2.05) is 7.05 Å². The Morgan fingerprint density at radius 2 is 1.75 bits per heavy atom. The topological polar surface area (TPSA) is 96.0 Å². The van der Waals surface area contributed by atoms with Crippen LogP contribution in [0.2, 0.25) is 0 Å². The third-order valence-corrected chi connectivity index (χ3v) is 8.21. The van der Waals surface area contributed by atoms with Crippen LogP contribution in [0.3, 0.4) is 0 Å². The largest absolute Gasteiger partial charge is 0.468 e. The lowest BCUT2D eigenvalue weighted by Crippen LogP contribution is -2.47. The minimum absolute atomic E-state index is 0.141. The molecule has 1 unspecified atom stereocenters. The number of piperazine rings is 1. The van der Waals surface area contributed by atoms with E-state index < -0.39 is 15.3 Å². The number of ether oxygens (including phenoxy) is 1. The highest BCUT2D eigenvalue weighted by molar-refractivity contribution is 8.00. The number of hydrogen-bond acceptors (Lipinski definition) is 7. The molecular formula is C22H27N3O5S2. The summed E-state index contributed by atoms with van der Waals surface area (Å²) >= 11 is 1.23. The lowest BCUT2D eigenvalue weighted by molar-refractivity contribution is -0.139. The maximum atomic E-state index is 13.0. The van der Waals surface area contributed by atoms with Crippen LogP contribution in [0.15, 0.2) is 58.3 Å². The van der Waals surface area contributed by atoms with E-state index in [4.69, 9.17) is 4.74 Å². The fraction of sp³-hybridized carbons (Fsp3) is 0.364. The summed E-state index contributed by atoms with van der Waals surface area (Å²) in [5.74, 6) is -0.772. The van der Waals surface area contributed by atoms with Gasteiger partial charge in [-0.1, -0.05) is 18.2 Å². The zero-order valence-corrected chi connectivity index (χ0v) is 19.9. The molecule has 1 heterocycles. The second-order valence-corrected chi connectivity index (χ2v) is 10.8. The highest BCUT2D eigenvalue weighted by Crippen LogP contribution is 2.28. The second-order valence-electron chi connectivity index (χ2n) is 7.47. The quantitative estimate of drug-likeness (QED) is 0.484. The summed E-state index contributed by atoms with van der Waals surface area (Å²) in [4.78, 5) is 27.6. The van der Waals surface area contributed by atoms with E-state index in [9.17, 15) is 18.0 Å².